The van der Waals surface area contributed by atoms with Crippen LogP contribution in [0.2, 0.25) is 0 Å². The number of aromatic nitrogens is 2. The zero-order valence-electron chi connectivity index (χ0n) is 8.34. The van der Waals surface area contributed by atoms with Crippen LogP contribution in [0.3, 0.4) is 0 Å². The Bertz CT molecular complexity index is 447. The number of rotatable bonds is 2. The number of hydrogen-bond acceptors (Lipinski definition) is 1. The van der Waals surface area contributed by atoms with Gasteiger partial charge in [0.15, 0.2) is 0 Å². The molecule has 1 unspecified atom stereocenters. The van der Waals surface area contributed by atoms with Crippen LogP contribution in [0.5, 0.6) is 0 Å². The van der Waals surface area contributed by atoms with Gasteiger partial charge >= 0.3 is 0 Å². The Kier molecular flexibility index (Phi) is 2.59. The highest BCUT2D eigenvalue weighted by Crippen LogP contribution is 2.22. The first kappa shape index (κ1) is 9.71. The summed E-state index contributed by atoms with van der Waals surface area (Å²) in [6.45, 7) is 4.36. The van der Waals surface area contributed by atoms with Crippen LogP contribution in [0, 0.1) is 0 Å². The van der Waals surface area contributed by atoms with Crippen LogP contribution < -0.4 is 0 Å². The molecule has 3 heteroatoms. The fourth-order valence-corrected chi connectivity index (χ4v) is 1.79. The summed E-state index contributed by atoms with van der Waals surface area (Å²) >= 11 is 3.45. The quantitative estimate of drug-likeness (QED) is 0.865. The molecule has 14 heavy (non-hydrogen) atoms. The molecule has 0 saturated heterocycles. The Labute approximate surface area is 91.9 Å². The average molecular weight is 253 g/mol. The van der Waals surface area contributed by atoms with E-state index >= 15 is 0 Å². The van der Waals surface area contributed by atoms with Crippen molar-refractivity contribution >= 4 is 27.0 Å². The molecule has 1 aromatic carbocycles. The molecule has 0 aliphatic rings. The summed E-state index contributed by atoms with van der Waals surface area (Å²) in [5.41, 5.74) is 2.15. The Balaban J connectivity index is 2.51. The second kappa shape index (κ2) is 3.73. The van der Waals surface area contributed by atoms with Crippen molar-refractivity contribution in [3.8, 4) is 0 Å². The van der Waals surface area contributed by atoms with E-state index in [0.717, 1.165) is 27.8 Å². The number of benzene rings is 1. The third-order valence-electron chi connectivity index (χ3n) is 2.54. The van der Waals surface area contributed by atoms with Gasteiger partial charge in [-0.15, -0.1) is 0 Å². The molecule has 2 nitrogen and oxygen atoms in total. The molecule has 1 N–H and O–H groups in total. The summed E-state index contributed by atoms with van der Waals surface area (Å²) in [7, 11) is 0. The van der Waals surface area contributed by atoms with Crippen molar-refractivity contribution in [3.63, 3.8) is 0 Å². The topological polar surface area (TPSA) is 28.7 Å². The normalized spacial score (nSPS) is 13.4. The van der Waals surface area contributed by atoms with Gasteiger partial charge in [0.25, 0.3) is 0 Å². The first-order chi connectivity index (χ1) is 6.70. The molecule has 1 atom stereocenters. The number of aromatic amines is 1. The molecule has 0 aliphatic carbocycles. The van der Waals surface area contributed by atoms with Crippen LogP contribution >= 0.6 is 15.9 Å². The van der Waals surface area contributed by atoms with Crippen LogP contribution in [0.1, 0.15) is 32.0 Å². The van der Waals surface area contributed by atoms with Gasteiger partial charge in [-0.2, -0.15) is 0 Å². The molecule has 0 aliphatic heterocycles. The molecule has 1 aromatic heterocycles. The van der Waals surface area contributed by atoms with Crippen molar-refractivity contribution in [1.82, 2.24) is 9.97 Å². The molecule has 0 radical (unpaired) electrons. The van der Waals surface area contributed by atoms with E-state index < -0.39 is 0 Å². The number of H-pyrrole nitrogens is 1. The largest absolute Gasteiger partial charge is 0.342 e. The summed E-state index contributed by atoms with van der Waals surface area (Å²) in [6, 6.07) is 6.11. The van der Waals surface area contributed by atoms with Crippen LogP contribution in [0.15, 0.2) is 22.7 Å². The van der Waals surface area contributed by atoms with Gasteiger partial charge in [-0.25, -0.2) is 4.98 Å². The highest BCUT2D eigenvalue weighted by molar-refractivity contribution is 9.10. The summed E-state index contributed by atoms with van der Waals surface area (Å²) in [6.07, 6.45) is 1.11. The van der Waals surface area contributed by atoms with E-state index in [1.165, 1.54) is 0 Å². The molecule has 0 saturated carbocycles. The summed E-state index contributed by atoms with van der Waals surface area (Å²) in [5.74, 6) is 1.58. The number of nitrogens with one attached hydrogen (secondary N) is 1. The minimum absolute atomic E-state index is 0.501. The number of nitrogens with zero attached hydrogens (tertiary/aromatic N) is 1. The number of fused-ring (bicyclic) bond motifs is 1. The molecular formula is C11H13BrN2. The predicted octanol–water partition coefficient (Wildman–Crippen LogP) is 3.84. The van der Waals surface area contributed by atoms with Crippen molar-refractivity contribution < 1.29 is 0 Å². The molecule has 74 valence electrons. The van der Waals surface area contributed by atoms with E-state index in [4.69, 9.17) is 0 Å². The lowest BCUT2D eigenvalue weighted by molar-refractivity contribution is 0.692. The Morgan fingerprint density at radius 3 is 3.00 bits per heavy atom. The zero-order valence-corrected chi connectivity index (χ0v) is 9.93. The molecule has 0 spiro atoms. The van der Waals surface area contributed by atoms with Crippen molar-refractivity contribution in [1.29, 1.82) is 0 Å². The van der Waals surface area contributed by atoms with Crippen molar-refractivity contribution in [2.75, 3.05) is 0 Å². The van der Waals surface area contributed by atoms with Gasteiger partial charge in [0.05, 0.1) is 11.0 Å². The highest BCUT2D eigenvalue weighted by Gasteiger charge is 2.08. The van der Waals surface area contributed by atoms with E-state index in [1.54, 1.807) is 0 Å². The summed E-state index contributed by atoms with van der Waals surface area (Å²) in [4.78, 5) is 7.89. The van der Waals surface area contributed by atoms with Crippen molar-refractivity contribution in [2.45, 2.75) is 26.2 Å². The average Bonchev–Trinajstić information content (AvgIpc) is 2.59. The molecular weight excluding hydrogens is 240 g/mol. The number of halogens is 1. The second-order valence-corrected chi connectivity index (χ2v) is 4.51. The lowest BCUT2D eigenvalue weighted by Crippen LogP contribution is -1.92. The fourth-order valence-electron chi connectivity index (χ4n) is 1.43. The van der Waals surface area contributed by atoms with Gasteiger partial charge in [-0.1, -0.05) is 29.8 Å². The van der Waals surface area contributed by atoms with Crippen LogP contribution in [-0.2, 0) is 0 Å². The molecule has 1 heterocycles. The standard InChI is InChI=1S/C11H13BrN2/c1-3-7(2)11-13-9-5-4-8(12)6-10(9)14-11/h4-7H,3H2,1-2H3,(H,13,14). The fraction of sp³-hybridized carbons (Fsp3) is 0.364. The highest BCUT2D eigenvalue weighted by atomic mass is 79.9. The van der Waals surface area contributed by atoms with E-state index in [-0.39, 0.29) is 0 Å². The van der Waals surface area contributed by atoms with Gasteiger partial charge in [0.1, 0.15) is 5.82 Å². The Hall–Kier alpha value is -0.830. The van der Waals surface area contributed by atoms with E-state index in [9.17, 15) is 0 Å². The molecule has 0 bridgehead atoms. The minimum atomic E-state index is 0.501. The number of hydrogen-bond donors (Lipinski definition) is 1. The van der Waals surface area contributed by atoms with Gasteiger partial charge in [-0.05, 0) is 24.6 Å². The van der Waals surface area contributed by atoms with Gasteiger partial charge in [0.2, 0.25) is 0 Å². The predicted molar refractivity (Wildman–Crippen MR) is 62.5 cm³/mol. The first-order valence-electron chi connectivity index (χ1n) is 4.86. The SMILES string of the molecule is CCC(C)c1nc2ccc(Br)cc2[nH]1. The minimum Gasteiger partial charge on any atom is -0.342 e. The lowest BCUT2D eigenvalue weighted by Gasteiger charge is -2.01. The summed E-state index contributed by atoms with van der Waals surface area (Å²) in [5, 5.41) is 0. The Morgan fingerprint density at radius 1 is 1.50 bits per heavy atom. The monoisotopic (exact) mass is 252 g/mol. The lowest BCUT2D eigenvalue weighted by atomic mass is 10.1. The summed E-state index contributed by atoms with van der Waals surface area (Å²) < 4.78 is 1.09. The first-order valence-corrected chi connectivity index (χ1v) is 5.65. The van der Waals surface area contributed by atoms with E-state index in [1.807, 2.05) is 12.1 Å². The van der Waals surface area contributed by atoms with Crippen molar-refractivity contribution in [2.24, 2.45) is 0 Å². The number of imidazole rings is 1. The van der Waals surface area contributed by atoms with E-state index in [0.29, 0.717) is 5.92 Å². The third-order valence-corrected chi connectivity index (χ3v) is 3.03. The van der Waals surface area contributed by atoms with Crippen LogP contribution in [0.4, 0.5) is 0 Å². The molecule has 2 aromatic rings. The van der Waals surface area contributed by atoms with Gasteiger partial charge in [0, 0.05) is 10.4 Å². The molecule has 0 fully saturated rings. The van der Waals surface area contributed by atoms with Gasteiger partial charge < -0.3 is 4.98 Å². The van der Waals surface area contributed by atoms with Crippen LogP contribution in [0.25, 0.3) is 11.0 Å². The van der Waals surface area contributed by atoms with Crippen LogP contribution in [-0.4, -0.2) is 9.97 Å². The zero-order chi connectivity index (χ0) is 10.1. The Morgan fingerprint density at radius 2 is 2.29 bits per heavy atom. The van der Waals surface area contributed by atoms with Crippen molar-refractivity contribution in [3.05, 3.63) is 28.5 Å². The smallest absolute Gasteiger partial charge is 0.110 e. The second-order valence-electron chi connectivity index (χ2n) is 3.59. The maximum Gasteiger partial charge on any atom is 0.110 e. The third kappa shape index (κ3) is 1.69. The maximum atomic E-state index is 4.55. The maximum absolute atomic E-state index is 4.55. The molecule has 2 rings (SSSR count). The molecule has 0 amide bonds. The van der Waals surface area contributed by atoms with Gasteiger partial charge in [-0.3, -0.25) is 0 Å². The van der Waals surface area contributed by atoms with E-state index in [2.05, 4.69) is 45.8 Å².